The SMILES string of the molecule is N#C[C@]1(NS(=O)(=O)c2ccc(F)cc2)CCSC1. The fourth-order valence-electron chi connectivity index (χ4n) is 1.69. The topological polar surface area (TPSA) is 70.0 Å². The maximum absolute atomic E-state index is 12.8. The number of hydrogen-bond acceptors (Lipinski definition) is 4. The average Bonchev–Trinajstić information content (AvgIpc) is 2.78. The van der Waals surface area contributed by atoms with Gasteiger partial charge in [-0.3, -0.25) is 0 Å². The van der Waals surface area contributed by atoms with Crippen LogP contribution in [0.2, 0.25) is 0 Å². The molecule has 1 aliphatic heterocycles. The quantitative estimate of drug-likeness (QED) is 0.914. The first-order chi connectivity index (χ1) is 8.47. The summed E-state index contributed by atoms with van der Waals surface area (Å²) in [7, 11) is -3.78. The Bertz CT molecular complexity index is 572. The molecule has 1 N–H and O–H groups in total. The third-order valence-corrected chi connectivity index (χ3v) is 5.43. The predicted molar refractivity (Wildman–Crippen MR) is 67.0 cm³/mol. The molecule has 0 aromatic heterocycles. The summed E-state index contributed by atoms with van der Waals surface area (Å²) in [5, 5.41) is 9.12. The monoisotopic (exact) mass is 286 g/mol. The highest BCUT2D eigenvalue weighted by atomic mass is 32.2. The summed E-state index contributed by atoms with van der Waals surface area (Å²) in [4.78, 5) is -0.0320. The predicted octanol–water partition coefficient (Wildman–Crippen LogP) is 1.50. The van der Waals surface area contributed by atoms with Crippen molar-refractivity contribution < 1.29 is 12.8 Å². The van der Waals surface area contributed by atoms with Crippen molar-refractivity contribution in [3.05, 3.63) is 30.1 Å². The Kier molecular flexibility index (Phi) is 3.61. The van der Waals surface area contributed by atoms with E-state index in [1.54, 1.807) is 0 Å². The van der Waals surface area contributed by atoms with Gasteiger partial charge in [0.05, 0.1) is 11.0 Å². The molecule has 0 amide bonds. The normalized spacial score (nSPS) is 23.8. The van der Waals surface area contributed by atoms with Gasteiger partial charge in [-0.25, -0.2) is 12.8 Å². The third-order valence-electron chi connectivity index (χ3n) is 2.69. The van der Waals surface area contributed by atoms with Crippen molar-refractivity contribution in [1.82, 2.24) is 4.72 Å². The van der Waals surface area contributed by atoms with Gasteiger partial charge in [0.15, 0.2) is 0 Å². The largest absolute Gasteiger partial charge is 0.241 e. The minimum atomic E-state index is -3.78. The standard InChI is InChI=1S/C11H11FN2O2S2/c12-9-1-3-10(4-2-9)18(15,16)14-11(7-13)5-6-17-8-11/h1-4,14H,5-6,8H2/t11-/m1/s1. The fraction of sp³-hybridized carbons (Fsp3) is 0.364. The fourth-order valence-corrected chi connectivity index (χ4v) is 4.39. The molecule has 0 saturated carbocycles. The number of nitrogens with zero attached hydrogens (tertiary/aromatic N) is 1. The Morgan fingerprint density at radius 2 is 2.06 bits per heavy atom. The molecule has 1 aromatic carbocycles. The van der Waals surface area contributed by atoms with Gasteiger partial charge < -0.3 is 0 Å². The van der Waals surface area contributed by atoms with Gasteiger partial charge in [-0.2, -0.15) is 21.7 Å². The maximum Gasteiger partial charge on any atom is 0.241 e. The number of sulfonamides is 1. The number of benzene rings is 1. The zero-order valence-electron chi connectivity index (χ0n) is 9.39. The zero-order valence-corrected chi connectivity index (χ0v) is 11.0. The van der Waals surface area contributed by atoms with E-state index in [9.17, 15) is 12.8 Å². The Morgan fingerprint density at radius 3 is 2.56 bits per heavy atom. The van der Waals surface area contributed by atoms with Crippen molar-refractivity contribution in [1.29, 1.82) is 5.26 Å². The average molecular weight is 286 g/mol. The van der Waals surface area contributed by atoms with E-state index < -0.39 is 21.4 Å². The van der Waals surface area contributed by atoms with Gasteiger partial charge in [0, 0.05) is 5.75 Å². The first-order valence-corrected chi connectivity index (χ1v) is 7.90. The molecule has 18 heavy (non-hydrogen) atoms. The number of nitrogens with one attached hydrogen (secondary N) is 1. The van der Waals surface area contributed by atoms with Gasteiger partial charge in [0.1, 0.15) is 11.4 Å². The van der Waals surface area contributed by atoms with Crippen molar-refractivity contribution >= 4 is 21.8 Å². The van der Waals surface area contributed by atoms with Gasteiger partial charge >= 0.3 is 0 Å². The van der Waals surface area contributed by atoms with Crippen LogP contribution in [0.4, 0.5) is 4.39 Å². The number of halogens is 1. The molecule has 1 aliphatic rings. The molecule has 0 aliphatic carbocycles. The van der Waals surface area contributed by atoms with Gasteiger partial charge in [0.25, 0.3) is 0 Å². The van der Waals surface area contributed by atoms with Crippen LogP contribution in [-0.4, -0.2) is 25.5 Å². The molecule has 7 heteroatoms. The highest BCUT2D eigenvalue weighted by molar-refractivity contribution is 7.99. The van der Waals surface area contributed by atoms with Gasteiger partial charge in [-0.05, 0) is 36.4 Å². The molecule has 1 atom stereocenters. The zero-order chi connectivity index (χ0) is 13.2. The molecule has 2 rings (SSSR count). The summed E-state index contributed by atoms with van der Waals surface area (Å²) in [5.74, 6) is 0.684. The summed E-state index contributed by atoms with van der Waals surface area (Å²) in [5.41, 5.74) is -1.04. The summed E-state index contributed by atoms with van der Waals surface area (Å²) in [6, 6.07) is 6.56. The van der Waals surface area contributed by atoms with E-state index in [-0.39, 0.29) is 4.90 Å². The molecule has 1 heterocycles. The van der Waals surface area contributed by atoms with E-state index in [1.807, 2.05) is 6.07 Å². The van der Waals surface area contributed by atoms with Crippen LogP contribution in [0.15, 0.2) is 29.2 Å². The lowest BCUT2D eigenvalue weighted by Gasteiger charge is -2.20. The minimum absolute atomic E-state index is 0.0320. The van der Waals surface area contributed by atoms with Crippen molar-refractivity contribution in [3.8, 4) is 6.07 Å². The Labute approximate surface area is 109 Å². The second-order valence-electron chi connectivity index (χ2n) is 4.06. The first kappa shape index (κ1) is 13.3. The number of rotatable bonds is 3. The van der Waals surface area contributed by atoms with Crippen LogP contribution < -0.4 is 4.72 Å². The Morgan fingerprint density at radius 1 is 1.39 bits per heavy atom. The van der Waals surface area contributed by atoms with E-state index in [0.717, 1.165) is 17.9 Å². The second-order valence-corrected chi connectivity index (χ2v) is 6.84. The van der Waals surface area contributed by atoms with Crippen LogP contribution in [-0.2, 0) is 10.0 Å². The van der Waals surface area contributed by atoms with Crippen LogP contribution in [0, 0.1) is 17.1 Å². The molecule has 0 bridgehead atoms. The van der Waals surface area contributed by atoms with Gasteiger partial charge in [-0.15, -0.1) is 0 Å². The molecule has 1 fully saturated rings. The maximum atomic E-state index is 12.8. The molecule has 4 nitrogen and oxygen atoms in total. The Hall–Kier alpha value is -1.10. The summed E-state index contributed by atoms with van der Waals surface area (Å²) < 4.78 is 39.3. The smallest absolute Gasteiger partial charge is 0.207 e. The van der Waals surface area contributed by atoms with Crippen molar-refractivity contribution in [2.45, 2.75) is 16.9 Å². The van der Waals surface area contributed by atoms with Crippen LogP contribution in [0.25, 0.3) is 0 Å². The van der Waals surface area contributed by atoms with E-state index in [4.69, 9.17) is 5.26 Å². The summed E-state index contributed by atoms with van der Waals surface area (Å²) >= 11 is 1.53. The van der Waals surface area contributed by atoms with Crippen LogP contribution in [0.1, 0.15) is 6.42 Å². The number of nitriles is 1. The van der Waals surface area contributed by atoms with Gasteiger partial charge in [-0.1, -0.05) is 0 Å². The van der Waals surface area contributed by atoms with E-state index in [1.165, 1.54) is 23.9 Å². The molecule has 0 radical (unpaired) electrons. The Balaban J connectivity index is 2.27. The summed E-state index contributed by atoms with van der Waals surface area (Å²) in [6.45, 7) is 0. The highest BCUT2D eigenvalue weighted by Gasteiger charge is 2.38. The lowest BCUT2D eigenvalue weighted by Crippen LogP contribution is -2.47. The van der Waals surface area contributed by atoms with E-state index in [0.29, 0.717) is 12.2 Å². The second kappa shape index (κ2) is 4.88. The van der Waals surface area contributed by atoms with E-state index in [2.05, 4.69) is 4.72 Å². The molecule has 1 aromatic rings. The molecule has 0 spiro atoms. The van der Waals surface area contributed by atoms with E-state index >= 15 is 0 Å². The van der Waals surface area contributed by atoms with Crippen molar-refractivity contribution in [2.75, 3.05) is 11.5 Å². The third kappa shape index (κ3) is 2.66. The van der Waals surface area contributed by atoms with Gasteiger partial charge in [0.2, 0.25) is 10.0 Å². The van der Waals surface area contributed by atoms with Crippen LogP contribution in [0.3, 0.4) is 0 Å². The molecular weight excluding hydrogens is 275 g/mol. The first-order valence-electron chi connectivity index (χ1n) is 5.26. The van der Waals surface area contributed by atoms with Crippen molar-refractivity contribution in [3.63, 3.8) is 0 Å². The lowest BCUT2D eigenvalue weighted by atomic mass is 10.0. The number of hydrogen-bond donors (Lipinski definition) is 1. The molecule has 1 saturated heterocycles. The molecule has 0 unspecified atom stereocenters. The molecule has 96 valence electrons. The van der Waals surface area contributed by atoms with Crippen molar-refractivity contribution in [2.24, 2.45) is 0 Å². The minimum Gasteiger partial charge on any atom is -0.207 e. The van der Waals surface area contributed by atoms with Crippen LogP contribution >= 0.6 is 11.8 Å². The van der Waals surface area contributed by atoms with Crippen LogP contribution in [0.5, 0.6) is 0 Å². The number of thioether (sulfide) groups is 1. The lowest BCUT2D eigenvalue weighted by molar-refractivity contribution is 0.514. The highest BCUT2D eigenvalue weighted by Crippen LogP contribution is 2.29. The molecular formula is C11H11FN2O2S2. The summed E-state index contributed by atoms with van der Waals surface area (Å²) in [6.07, 6.45) is 0.481.